The van der Waals surface area contributed by atoms with Crippen molar-refractivity contribution in [2.75, 3.05) is 6.61 Å². The Balaban J connectivity index is 1.92. The molecule has 2 aromatic rings. The molecule has 1 amide bonds. The summed E-state index contributed by atoms with van der Waals surface area (Å²) in [5.41, 5.74) is 1.12. The van der Waals surface area contributed by atoms with Gasteiger partial charge in [0.05, 0.1) is 16.5 Å². The highest BCUT2D eigenvalue weighted by Crippen LogP contribution is 2.40. The van der Waals surface area contributed by atoms with Crippen LogP contribution in [0.2, 0.25) is 5.02 Å². The number of aliphatic imine (C=N–C) groups is 1. The van der Waals surface area contributed by atoms with E-state index in [-0.39, 0.29) is 30.4 Å². The molecule has 1 aliphatic heterocycles. The van der Waals surface area contributed by atoms with Gasteiger partial charge in [-0.2, -0.15) is 0 Å². The van der Waals surface area contributed by atoms with Crippen LogP contribution in [0.4, 0.5) is 4.39 Å². The highest BCUT2D eigenvalue weighted by atomic mass is 35.5. The number of amides is 1. The molecule has 1 saturated heterocycles. The molecule has 1 heterocycles. The molecular weight excluding hydrogens is 463 g/mol. The maximum atomic E-state index is 14.0. The Morgan fingerprint density at radius 3 is 2.55 bits per heavy atom. The van der Waals surface area contributed by atoms with Crippen LogP contribution in [0.15, 0.2) is 46.3 Å². The number of carbonyl (C=O) groups excluding carboxylic acids is 1. The minimum absolute atomic E-state index is 0.00914. The average molecular weight is 491 g/mol. The first-order chi connectivity index (χ1) is 15.7. The van der Waals surface area contributed by atoms with Crippen LogP contribution in [0.3, 0.4) is 0 Å². The van der Waals surface area contributed by atoms with Crippen LogP contribution in [-0.4, -0.2) is 34.7 Å². The molecule has 0 radical (unpaired) electrons. The first kappa shape index (κ1) is 25.1. The zero-order valence-corrected chi connectivity index (χ0v) is 21.0. The second-order valence-corrected chi connectivity index (χ2v) is 9.44. The van der Waals surface area contributed by atoms with Gasteiger partial charge in [-0.05, 0) is 76.2 Å². The fourth-order valence-corrected chi connectivity index (χ4v) is 4.75. The summed E-state index contributed by atoms with van der Waals surface area (Å²) in [5.74, 6) is 0.322. The van der Waals surface area contributed by atoms with Crippen LogP contribution in [0.25, 0.3) is 6.08 Å². The molecule has 0 bridgehead atoms. The van der Waals surface area contributed by atoms with Crippen molar-refractivity contribution in [1.82, 2.24) is 4.90 Å². The topological polar surface area (TPSA) is 51.1 Å². The maximum absolute atomic E-state index is 14.0. The van der Waals surface area contributed by atoms with Crippen molar-refractivity contribution in [2.45, 2.75) is 53.3 Å². The smallest absolute Gasteiger partial charge is 0.266 e. The van der Waals surface area contributed by atoms with E-state index in [0.29, 0.717) is 44.3 Å². The fraction of sp³-hybridized carbons (Fsp3) is 0.360. The zero-order chi connectivity index (χ0) is 24.1. The second-order valence-electron chi connectivity index (χ2n) is 8.03. The van der Waals surface area contributed by atoms with Crippen molar-refractivity contribution in [1.29, 1.82) is 0 Å². The van der Waals surface area contributed by atoms with Crippen LogP contribution in [0, 0.1) is 5.82 Å². The quantitative estimate of drug-likeness (QED) is 0.394. The summed E-state index contributed by atoms with van der Waals surface area (Å²) < 4.78 is 25.5. The minimum atomic E-state index is -0.349. The van der Waals surface area contributed by atoms with Gasteiger partial charge in [-0.3, -0.25) is 14.7 Å². The summed E-state index contributed by atoms with van der Waals surface area (Å²) in [6.07, 6.45) is 1.78. The number of halogens is 2. The largest absolute Gasteiger partial charge is 0.490 e. The van der Waals surface area contributed by atoms with Gasteiger partial charge in [0.1, 0.15) is 12.4 Å². The van der Waals surface area contributed by atoms with Crippen LogP contribution >= 0.6 is 23.4 Å². The standard InChI is InChI=1S/C25H28ClFN2O3S/c1-6-31-21-12-17(11-19(26)23(21)32-14-18-9-7-8-10-20(18)27)13-22-24(30)29(16(4)5)25(33-22)28-15(2)3/h7-13,15-16H,6,14H2,1-5H3/b22-13+,28-25?. The number of hydrogen-bond acceptors (Lipinski definition) is 5. The number of amidine groups is 1. The second kappa shape index (κ2) is 11.1. The van der Waals surface area contributed by atoms with Gasteiger partial charge in [-0.1, -0.05) is 29.8 Å². The summed E-state index contributed by atoms with van der Waals surface area (Å²) >= 11 is 7.87. The van der Waals surface area contributed by atoms with Crippen molar-refractivity contribution >= 4 is 40.5 Å². The number of thioether (sulfide) groups is 1. The Morgan fingerprint density at radius 1 is 1.18 bits per heavy atom. The van der Waals surface area contributed by atoms with Crippen LogP contribution in [0.5, 0.6) is 11.5 Å². The number of rotatable bonds is 8. The Labute approximate surface area is 203 Å². The molecule has 0 aliphatic carbocycles. The molecule has 0 saturated carbocycles. The van der Waals surface area contributed by atoms with Gasteiger partial charge in [0.25, 0.3) is 5.91 Å². The van der Waals surface area contributed by atoms with Gasteiger partial charge in [0, 0.05) is 17.6 Å². The number of ether oxygens (including phenoxy) is 2. The number of carbonyl (C=O) groups is 1. The fourth-order valence-electron chi connectivity index (χ4n) is 3.24. The average Bonchev–Trinajstić information content (AvgIpc) is 3.03. The van der Waals surface area contributed by atoms with Crippen molar-refractivity contribution in [3.63, 3.8) is 0 Å². The van der Waals surface area contributed by atoms with E-state index in [1.54, 1.807) is 41.3 Å². The summed E-state index contributed by atoms with van der Waals surface area (Å²) in [6.45, 7) is 10.1. The molecule has 0 aromatic heterocycles. The minimum Gasteiger partial charge on any atom is -0.490 e. The van der Waals surface area contributed by atoms with E-state index >= 15 is 0 Å². The zero-order valence-electron chi connectivity index (χ0n) is 19.4. The molecule has 0 N–H and O–H groups in total. The van der Waals surface area contributed by atoms with Gasteiger partial charge in [-0.25, -0.2) is 4.39 Å². The molecule has 2 aromatic carbocycles. The number of hydrogen-bond donors (Lipinski definition) is 0. The number of benzene rings is 2. The van der Waals surface area contributed by atoms with E-state index in [9.17, 15) is 9.18 Å². The molecule has 33 heavy (non-hydrogen) atoms. The van der Waals surface area contributed by atoms with Crippen molar-refractivity contribution in [2.24, 2.45) is 4.99 Å². The van der Waals surface area contributed by atoms with Crippen molar-refractivity contribution < 1.29 is 18.7 Å². The summed E-state index contributed by atoms with van der Waals surface area (Å²) in [4.78, 5) is 19.9. The van der Waals surface area contributed by atoms with E-state index in [2.05, 4.69) is 4.99 Å². The predicted octanol–water partition coefficient (Wildman–Crippen LogP) is 6.55. The van der Waals surface area contributed by atoms with Crippen LogP contribution in [0.1, 0.15) is 45.7 Å². The molecule has 1 aliphatic rings. The molecule has 5 nitrogen and oxygen atoms in total. The Kier molecular flexibility index (Phi) is 8.43. The highest BCUT2D eigenvalue weighted by Gasteiger charge is 2.35. The van der Waals surface area contributed by atoms with E-state index < -0.39 is 0 Å². The lowest BCUT2D eigenvalue weighted by atomic mass is 10.1. The van der Waals surface area contributed by atoms with Crippen molar-refractivity contribution in [3.8, 4) is 11.5 Å². The third-order valence-electron chi connectivity index (χ3n) is 4.68. The summed E-state index contributed by atoms with van der Waals surface area (Å²) in [5, 5.41) is 1.01. The van der Waals surface area contributed by atoms with Crippen LogP contribution < -0.4 is 9.47 Å². The lowest BCUT2D eigenvalue weighted by Crippen LogP contribution is -2.35. The molecule has 8 heteroatoms. The van der Waals surface area contributed by atoms with E-state index in [1.807, 2.05) is 34.6 Å². The lowest BCUT2D eigenvalue weighted by molar-refractivity contribution is -0.123. The molecule has 0 unspecified atom stereocenters. The first-order valence-corrected chi connectivity index (χ1v) is 12.0. The maximum Gasteiger partial charge on any atom is 0.266 e. The number of nitrogens with zero attached hydrogens (tertiary/aromatic N) is 2. The molecule has 176 valence electrons. The Morgan fingerprint density at radius 2 is 1.91 bits per heavy atom. The van der Waals surface area contributed by atoms with Gasteiger partial charge >= 0.3 is 0 Å². The molecule has 0 atom stereocenters. The molecular formula is C25H28ClFN2O3S. The SMILES string of the molecule is CCOc1cc(/C=C2/SC(=NC(C)C)N(C(C)C)C2=O)cc(Cl)c1OCc1ccccc1F. The summed E-state index contributed by atoms with van der Waals surface area (Å²) in [7, 11) is 0. The normalized spacial score (nSPS) is 16.5. The monoisotopic (exact) mass is 490 g/mol. The van der Waals surface area contributed by atoms with Crippen LogP contribution in [-0.2, 0) is 11.4 Å². The first-order valence-electron chi connectivity index (χ1n) is 10.8. The van der Waals surface area contributed by atoms with Gasteiger partial charge in [-0.15, -0.1) is 0 Å². The van der Waals surface area contributed by atoms with E-state index in [4.69, 9.17) is 21.1 Å². The third kappa shape index (κ3) is 6.09. The van der Waals surface area contributed by atoms with Gasteiger partial charge < -0.3 is 9.47 Å². The van der Waals surface area contributed by atoms with Gasteiger partial charge in [0.15, 0.2) is 16.7 Å². The Bertz CT molecular complexity index is 1090. The van der Waals surface area contributed by atoms with E-state index in [0.717, 1.165) is 0 Å². The van der Waals surface area contributed by atoms with Gasteiger partial charge in [0.2, 0.25) is 0 Å². The predicted molar refractivity (Wildman–Crippen MR) is 133 cm³/mol. The lowest BCUT2D eigenvalue weighted by Gasteiger charge is -2.20. The van der Waals surface area contributed by atoms with E-state index in [1.165, 1.54) is 17.8 Å². The molecule has 3 rings (SSSR count). The Hall–Kier alpha value is -2.51. The highest BCUT2D eigenvalue weighted by molar-refractivity contribution is 8.18. The third-order valence-corrected chi connectivity index (χ3v) is 5.96. The van der Waals surface area contributed by atoms with Crippen molar-refractivity contribution in [3.05, 3.63) is 63.3 Å². The molecule has 0 spiro atoms. The summed E-state index contributed by atoms with van der Waals surface area (Å²) in [6, 6.07) is 9.95. The molecule has 1 fully saturated rings.